The molecule has 2 aliphatic rings. The summed E-state index contributed by atoms with van der Waals surface area (Å²) in [4.78, 5) is 24.1. The molecule has 3 N–H and O–H groups in total. The van der Waals surface area contributed by atoms with E-state index in [1.165, 1.54) is 0 Å². The van der Waals surface area contributed by atoms with Crippen molar-refractivity contribution in [3.05, 3.63) is 29.8 Å². The topological polar surface area (TPSA) is 99.9 Å². The number of rotatable bonds is 6. The van der Waals surface area contributed by atoms with E-state index in [1.807, 2.05) is 52.0 Å². The van der Waals surface area contributed by atoms with Gasteiger partial charge < -0.3 is 25.1 Å². The van der Waals surface area contributed by atoms with Gasteiger partial charge in [-0.1, -0.05) is 24.3 Å². The monoisotopic (exact) mass is 388 g/mol. The molecule has 2 aliphatic heterocycles. The van der Waals surface area contributed by atoms with E-state index in [0.717, 1.165) is 11.0 Å². The SMILES string of the molecule is CC1(C)OB(c2ccc(C[C@H](NC(=O)[C@@H]3CCOC3)C(N)=O)cc2)OC1(C)C. The van der Waals surface area contributed by atoms with Crippen LogP contribution >= 0.6 is 0 Å². The highest BCUT2D eigenvalue weighted by Gasteiger charge is 2.51. The van der Waals surface area contributed by atoms with Gasteiger partial charge >= 0.3 is 7.12 Å². The van der Waals surface area contributed by atoms with Crippen molar-refractivity contribution in [3.63, 3.8) is 0 Å². The van der Waals surface area contributed by atoms with Crippen molar-refractivity contribution in [1.29, 1.82) is 0 Å². The van der Waals surface area contributed by atoms with Gasteiger partial charge in [0.1, 0.15) is 6.04 Å². The first kappa shape index (κ1) is 20.8. The highest BCUT2D eigenvalue weighted by atomic mass is 16.7. The standard InChI is InChI=1S/C20H29BN2O5/c1-19(2)20(3,4)28-21(27-19)15-7-5-13(6-8-15)11-16(17(22)24)23-18(25)14-9-10-26-12-14/h5-8,14,16H,9-12H2,1-4H3,(H2,22,24)(H,23,25)/t14-,16+/m1/s1. The second-order valence-electron chi connectivity index (χ2n) is 8.56. The Morgan fingerprint density at radius 2 is 1.79 bits per heavy atom. The number of carbonyl (C=O) groups excluding carboxylic acids is 2. The average Bonchev–Trinajstić information content (AvgIpc) is 3.21. The molecule has 2 amide bonds. The number of ether oxygens (including phenoxy) is 1. The van der Waals surface area contributed by atoms with Crippen LogP contribution in [0, 0.1) is 5.92 Å². The molecule has 2 atom stereocenters. The molecule has 0 aromatic heterocycles. The molecule has 1 aromatic carbocycles. The molecule has 0 saturated carbocycles. The van der Waals surface area contributed by atoms with Crippen LogP contribution in [0.3, 0.4) is 0 Å². The Balaban J connectivity index is 1.63. The zero-order chi connectivity index (χ0) is 20.5. The van der Waals surface area contributed by atoms with E-state index >= 15 is 0 Å². The third-order valence-corrected chi connectivity index (χ3v) is 5.91. The van der Waals surface area contributed by atoms with E-state index < -0.39 is 30.3 Å². The van der Waals surface area contributed by atoms with Gasteiger partial charge in [0.05, 0.1) is 23.7 Å². The average molecular weight is 388 g/mol. The normalized spacial score (nSPS) is 24.1. The maximum absolute atomic E-state index is 12.3. The van der Waals surface area contributed by atoms with Crippen molar-refractivity contribution in [3.8, 4) is 0 Å². The Labute approximate surface area is 166 Å². The fourth-order valence-corrected chi connectivity index (χ4v) is 3.28. The first-order valence-corrected chi connectivity index (χ1v) is 9.71. The zero-order valence-electron chi connectivity index (χ0n) is 17.0. The van der Waals surface area contributed by atoms with Gasteiger partial charge in [-0.15, -0.1) is 0 Å². The van der Waals surface area contributed by atoms with Crippen LogP contribution in [0.1, 0.15) is 39.7 Å². The largest absolute Gasteiger partial charge is 0.494 e. The molecule has 8 heteroatoms. The lowest BCUT2D eigenvalue weighted by Crippen LogP contribution is -2.48. The van der Waals surface area contributed by atoms with Crippen LogP contribution in [0.2, 0.25) is 0 Å². The molecule has 0 spiro atoms. The summed E-state index contributed by atoms with van der Waals surface area (Å²) in [5.74, 6) is -0.954. The van der Waals surface area contributed by atoms with Crippen molar-refractivity contribution in [2.45, 2.75) is 57.8 Å². The minimum Gasteiger partial charge on any atom is -0.399 e. The van der Waals surface area contributed by atoms with Gasteiger partial charge in [0.2, 0.25) is 11.8 Å². The number of amides is 2. The summed E-state index contributed by atoms with van der Waals surface area (Å²) in [6, 6.07) is 6.89. The molecular formula is C20H29BN2O5. The Kier molecular flexibility index (Phi) is 5.84. The number of hydrogen-bond acceptors (Lipinski definition) is 5. The molecule has 0 unspecified atom stereocenters. The highest BCUT2D eigenvalue weighted by Crippen LogP contribution is 2.36. The molecule has 0 aliphatic carbocycles. The van der Waals surface area contributed by atoms with Crippen LogP contribution in [0.25, 0.3) is 0 Å². The first-order chi connectivity index (χ1) is 13.1. The summed E-state index contributed by atoms with van der Waals surface area (Å²) < 4.78 is 17.3. The maximum Gasteiger partial charge on any atom is 0.494 e. The van der Waals surface area contributed by atoms with E-state index in [-0.39, 0.29) is 11.8 Å². The summed E-state index contributed by atoms with van der Waals surface area (Å²) in [6.07, 6.45) is 0.998. The second kappa shape index (κ2) is 7.85. The predicted octanol–water partition coefficient (Wildman–Crippen LogP) is 0.535. The highest BCUT2D eigenvalue weighted by molar-refractivity contribution is 6.62. The minimum absolute atomic E-state index is 0.185. The molecule has 0 radical (unpaired) electrons. The molecule has 28 heavy (non-hydrogen) atoms. The van der Waals surface area contributed by atoms with Crippen molar-refractivity contribution in [2.24, 2.45) is 11.7 Å². The smallest absolute Gasteiger partial charge is 0.399 e. The maximum atomic E-state index is 12.3. The Bertz CT molecular complexity index is 713. The van der Waals surface area contributed by atoms with E-state index in [4.69, 9.17) is 19.8 Å². The van der Waals surface area contributed by atoms with Crippen molar-refractivity contribution in [1.82, 2.24) is 5.32 Å². The molecule has 2 saturated heterocycles. The first-order valence-electron chi connectivity index (χ1n) is 9.71. The second-order valence-corrected chi connectivity index (χ2v) is 8.56. The Hall–Kier alpha value is -1.90. The van der Waals surface area contributed by atoms with Crippen LogP contribution in [0.15, 0.2) is 24.3 Å². The summed E-state index contributed by atoms with van der Waals surface area (Å²) in [5.41, 5.74) is 6.50. The van der Waals surface area contributed by atoms with Crippen LogP contribution in [-0.4, -0.2) is 49.4 Å². The van der Waals surface area contributed by atoms with E-state index in [0.29, 0.717) is 26.1 Å². The lowest BCUT2D eigenvalue weighted by Gasteiger charge is -2.32. The lowest BCUT2D eigenvalue weighted by molar-refractivity contribution is -0.129. The molecule has 2 heterocycles. The van der Waals surface area contributed by atoms with Gasteiger partial charge in [0, 0.05) is 13.0 Å². The predicted molar refractivity (Wildman–Crippen MR) is 106 cm³/mol. The van der Waals surface area contributed by atoms with Crippen LogP contribution in [0.5, 0.6) is 0 Å². The van der Waals surface area contributed by atoms with E-state index in [1.54, 1.807) is 0 Å². The van der Waals surface area contributed by atoms with Gasteiger partial charge in [-0.05, 0) is 45.1 Å². The molecule has 3 rings (SSSR count). The number of nitrogens with one attached hydrogen (secondary N) is 1. The van der Waals surface area contributed by atoms with Crippen LogP contribution < -0.4 is 16.5 Å². The molecule has 2 fully saturated rings. The molecule has 152 valence electrons. The Morgan fingerprint density at radius 1 is 1.18 bits per heavy atom. The Morgan fingerprint density at radius 3 is 2.29 bits per heavy atom. The summed E-state index contributed by atoms with van der Waals surface area (Å²) in [5, 5.41) is 2.76. The molecular weight excluding hydrogens is 359 g/mol. The number of carbonyl (C=O) groups is 2. The number of primary amides is 1. The quantitative estimate of drug-likeness (QED) is 0.693. The van der Waals surface area contributed by atoms with Crippen molar-refractivity contribution < 1.29 is 23.6 Å². The van der Waals surface area contributed by atoms with Gasteiger partial charge in [0.15, 0.2) is 0 Å². The van der Waals surface area contributed by atoms with Gasteiger partial charge in [-0.2, -0.15) is 0 Å². The lowest BCUT2D eigenvalue weighted by atomic mass is 9.78. The van der Waals surface area contributed by atoms with E-state index in [9.17, 15) is 9.59 Å². The zero-order valence-corrected chi connectivity index (χ0v) is 17.0. The van der Waals surface area contributed by atoms with E-state index in [2.05, 4.69) is 5.32 Å². The fraction of sp³-hybridized carbons (Fsp3) is 0.600. The third-order valence-electron chi connectivity index (χ3n) is 5.91. The van der Waals surface area contributed by atoms with Gasteiger partial charge in [-0.25, -0.2) is 0 Å². The van der Waals surface area contributed by atoms with Gasteiger partial charge in [-0.3, -0.25) is 9.59 Å². The van der Waals surface area contributed by atoms with Crippen LogP contribution in [0.4, 0.5) is 0 Å². The minimum atomic E-state index is -0.754. The van der Waals surface area contributed by atoms with Crippen molar-refractivity contribution >= 4 is 24.4 Å². The number of hydrogen-bond donors (Lipinski definition) is 2. The summed E-state index contributed by atoms with van der Waals surface area (Å²) >= 11 is 0. The number of nitrogens with two attached hydrogens (primary N) is 1. The third kappa shape index (κ3) is 4.40. The summed E-state index contributed by atoms with van der Waals surface area (Å²) in [7, 11) is -0.437. The fourth-order valence-electron chi connectivity index (χ4n) is 3.28. The summed E-state index contributed by atoms with van der Waals surface area (Å²) in [6.45, 7) is 9.00. The number of benzene rings is 1. The van der Waals surface area contributed by atoms with Crippen molar-refractivity contribution in [2.75, 3.05) is 13.2 Å². The molecule has 7 nitrogen and oxygen atoms in total. The molecule has 0 bridgehead atoms. The van der Waals surface area contributed by atoms with Crippen LogP contribution in [-0.2, 0) is 30.1 Å². The molecule has 1 aromatic rings. The van der Waals surface area contributed by atoms with Gasteiger partial charge in [0.25, 0.3) is 0 Å².